The summed E-state index contributed by atoms with van der Waals surface area (Å²) in [6.45, 7) is 12.4. The first kappa shape index (κ1) is 32.0. The fourth-order valence-electron chi connectivity index (χ4n) is 7.60. The predicted molar refractivity (Wildman–Crippen MR) is 216 cm³/mol. The number of hydrogen-bond acceptors (Lipinski definition) is 3. The molecule has 0 aliphatic heterocycles. The third kappa shape index (κ3) is 5.79. The number of aromatic nitrogens is 3. The normalized spacial score (nSPS) is 12.5. The highest BCUT2D eigenvalue weighted by atomic mass is 15.0. The molecule has 0 fully saturated rings. The summed E-state index contributed by atoms with van der Waals surface area (Å²) in [4.78, 5) is 19.2. The minimum Gasteiger partial charge on any atom is -0.238 e. The van der Waals surface area contributed by atoms with E-state index in [-0.39, 0.29) is 5.41 Å². The molecule has 4 nitrogen and oxygen atoms in total. The molecule has 0 bridgehead atoms. The number of fused-ring (bicyclic) bond motifs is 3. The molecular weight excluding hydrogens is 645 g/mol. The Balaban J connectivity index is 1.20. The molecule has 1 heterocycles. The molecule has 0 saturated carbocycles. The lowest BCUT2D eigenvalue weighted by atomic mass is 9.82. The second kappa shape index (κ2) is 13.0. The summed E-state index contributed by atoms with van der Waals surface area (Å²) in [7, 11) is 0. The van der Waals surface area contributed by atoms with Gasteiger partial charge in [-0.1, -0.05) is 153 Å². The zero-order chi connectivity index (χ0) is 35.9. The van der Waals surface area contributed by atoms with Crippen molar-refractivity contribution in [2.24, 2.45) is 0 Å². The molecule has 0 saturated heterocycles. The van der Waals surface area contributed by atoms with E-state index in [2.05, 4.69) is 134 Å². The van der Waals surface area contributed by atoms with Gasteiger partial charge in [0.15, 0.2) is 23.2 Å². The monoisotopic (exact) mass is 678 g/mol. The van der Waals surface area contributed by atoms with E-state index < -0.39 is 0 Å². The van der Waals surface area contributed by atoms with Crippen molar-refractivity contribution < 1.29 is 0 Å². The third-order valence-corrected chi connectivity index (χ3v) is 10.3. The summed E-state index contributed by atoms with van der Waals surface area (Å²) in [6, 6.07) is 58.7. The lowest BCUT2D eigenvalue weighted by Crippen LogP contribution is -2.14. The van der Waals surface area contributed by atoms with Crippen molar-refractivity contribution in [3.63, 3.8) is 0 Å². The topological polar surface area (TPSA) is 43.0 Å². The molecular formula is C49H34N4. The SMILES string of the molecule is [C-]#[N+]c1cccc2c1-c1cc(-c3cccc(-c4nc(-c5ccccc5)nc(-c5cc(-c6ccccc6)cc(-c6ccccc6)c5)n4)c3)ccc1C2(C)C. The standard InChI is InChI=1S/C49H34N4/c1-49(2)42-26-25-36(31-41(42)45-43(49)23-14-24-44(45)50-3)35-21-13-22-37(27-35)47-51-46(34-19-11-6-12-20-34)52-48(53-47)40-29-38(32-15-7-4-8-16-32)28-39(30-40)33-17-9-5-10-18-33/h4-31H,1-2H3. The van der Waals surface area contributed by atoms with Crippen LogP contribution < -0.4 is 0 Å². The van der Waals surface area contributed by atoms with Gasteiger partial charge in [0.25, 0.3) is 0 Å². The molecule has 1 aliphatic carbocycles. The molecule has 0 N–H and O–H groups in total. The molecule has 0 amide bonds. The van der Waals surface area contributed by atoms with Crippen LogP contribution in [0.5, 0.6) is 0 Å². The zero-order valence-corrected chi connectivity index (χ0v) is 29.5. The minimum absolute atomic E-state index is 0.181. The minimum atomic E-state index is -0.181. The Morgan fingerprint density at radius 1 is 0.396 bits per heavy atom. The van der Waals surface area contributed by atoms with Gasteiger partial charge in [-0.25, -0.2) is 19.8 Å². The summed E-state index contributed by atoms with van der Waals surface area (Å²) in [5.41, 5.74) is 14.4. The van der Waals surface area contributed by atoms with Crippen LogP contribution in [0.3, 0.4) is 0 Å². The molecule has 1 aliphatic rings. The first-order chi connectivity index (χ1) is 26.0. The van der Waals surface area contributed by atoms with Crippen molar-refractivity contribution in [1.82, 2.24) is 15.0 Å². The highest BCUT2D eigenvalue weighted by Crippen LogP contribution is 2.53. The van der Waals surface area contributed by atoms with Crippen molar-refractivity contribution in [1.29, 1.82) is 0 Å². The summed E-state index contributed by atoms with van der Waals surface area (Å²) >= 11 is 0. The summed E-state index contributed by atoms with van der Waals surface area (Å²) in [6.07, 6.45) is 0. The first-order valence-corrected chi connectivity index (χ1v) is 17.8. The van der Waals surface area contributed by atoms with Crippen LogP contribution in [0.15, 0.2) is 170 Å². The molecule has 0 atom stereocenters. The van der Waals surface area contributed by atoms with Crippen molar-refractivity contribution in [2.75, 3.05) is 0 Å². The van der Waals surface area contributed by atoms with Gasteiger partial charge in [-0.2, -0.15) is 0 Å². The van der Waals surface area contributed by atoms with E-state index in [0.29, 0.717) is 23.2 Å². The van der Waals surface area contributed by atoms with Gasteiger partial charge in [-0.05, 0) is 86.0 Å². The number of rotatable bonds is 6. The fraction of sp³-hybridized carbons (Fsp3) is 0.0612. The highest BCUT2D eigenvalue weighted by molar-refractivity contribution is 5.92. The van der Waals surface area contributed by atoms with Crippen LogP contribution >= 0.6 is 0 Å². The number of hydrogen-bond donors (Lipinski definition) is 0. The molecule has 0 radical (unpaired) electrons. The van der Waals surface area contributed by atoms with E-state index in [4.69, 9.17) is 21.5 Å². The first-order valence-electron chi connectivity index (χ1n) is 17.8. The zero-order valence-electron chi connectivity index (χ0n) is 29.5. The quantitative estimate of drug-likeness (QED) is 0.164. The lowest BCUT2D eigenvalue weighted by molar-refractivity contribution is 0.660. The van der Waals surface area contributed by atoms with Crippen molar-refractivity contribution in [2.45, 2.75) is 19.3 Å². The number of benzene rings is 7. The van der Waals surface area contributed by atoms with E-state index in [9.17, 15) is 0 Å². The van der Waals surface area contributed by atoms with Crippen molar-refractivity contribution >= 4 is 5.69 Å². The van der Waals surface area contributed by atoms with E-state index in [1.807, 2.05) is 54.6 Å². The van der Waals surface area contributed by atoms with Crippen LogP contribution in [-0.4, -0.2) is 15.0 Å². The van der Waals surface area contributed by atoms with Crippen LogP contribution in [0.1, 0.15) is 25.0 Å². The second-order valence-corrected chi connectivity index (χ2v) is 14.0. The number of nitrogens with zero attached hydrogens (tertiary/aromatic N) is 4. The van der Waals surface area contributed by atoms with E-state index >= 15 is 0 Å². The van der Waals surface area contributed by atoms with Crippen LogP contribution in [0.2, 0.25) is 0 Å². The molecule has 0 unspecified atom stereocenters. The molecule has 4 heteroatoms. The maximum Gasteiger partial charge on any atom is 0.195 e. The fourth-order valence-corrected chi connectivity index (χ4v) is 7.60. The average molecular weight is 679 g/mol. The molecule has 9 rings (SSSR count). The van der Waals surface area contributed by atoms with Gasteiger partial charge in [0.1, 0.15) is 0 Å². The maximum absolute atomic E-state index is 7.90. The molecule has 8 aromatic rings. The van der Waals surface area contributed by atoms with E-state index in [0.717, 1.165) is 61.2 Å². The summed E-state index contributed by atoms with van der Waals surface area (Å²) < 4.78 is 0. The molecule has 0 spiro atoms. The van der Waals surface area contributed by atoms with Crippen molar-refractivity contribution in [3.05, 3.63) is 192 Å². The van der Waals surface area contributed by atoms with Gasteiger partial charge in [0.05, 0.1) is 6.57 Å². The largest absolute Gasteiger partial charge is 0.238 e. The Morgan fingerprint density at radius 2 is 0.868 bits per heavy atom. The van der Waals surface area contributed by atoms with Crippen LogP contribution in [0.25, 0.3) is 83.5 Å². The van der Waals surface area contributed by atoms with Crippen LogP contribution in [0, 0.1) is 6.57 Å². The highest BCUT2D eigenvalue weighted by Gasteiger charge is 2.36. The van der Waals surface area contributed by atoms with Crippen molar-refractivity contribution in [3.8, 4) is 78.7 Å². The Morgan fingerprint density at radius 3 is 1.49 bits per heavy atom. The maximum atomic E-state index is 7.90. The molecule has 53 heavy (non-hydrogen) atoms. The van der Waals surface area contributed by atoms with Gasteiger partial charge in [-0.3, -0.25) is 0 Å². The summed E-state index contributed by atoms with van der Waals surface area (Å²) in [5.74, 6) is 1.83. The molecule has 250 valence electrons. The Bertz CT molecular complexity index is 2630. The van der Waals surface area contributed by atoms with Gasteiger partial charge in [0.2, 0.25) is 0 Å². The van der Waals surface area contributed by atoms with Gasteiger partial charge >= 0.3 is 0 Å². The Labute approximate surface area is 310 Å². The van der Waals surface area contributed by atoms with E-state index in [1.165, 1.54) is 11.1 Å². The lowest BCUT2D eigenvalue weighted by Gasteiger charge is -2.21. The average Bonchev–Trinajstić information content (AvgIpc) is 3.47. The summed E-state index contributed by atoms with van der Waals surface area (Å²) in [5, 5.41) is 0. The van der Waals surface area contributed by atoms with E-state index in [1.54, 1.807) is 0 Å². The molecule has 7 aromatic carbocycles. The van der Waals surface area contributed by atoms with Gasteiger partial charge < -0.3 is 0 Å². The second-order valence-electron chi connectivity index (χ2n) is 14.0. The Hall–Kier alpha value is -6.96. The smallest absolute Gasteiger partial charge is 0.195 e. The Kier molecular flexibility index (Phi) is 7.83. The van der Waals surface area contributed by atoms with Gasteiger partial charge in [-0.15, -0.1) is 0 Å². The van der Waals surface area contributed by atoms with Crippen LogP contribution in [0.4, 0.5) is 5.69 Å². The van der Waals surface area contributed by atoms with Gasteiger partial charge in [0, 0.05) is 22.1 Å². The third-order valence-electron chi connectivity index (χ3n) is 10.3. The molecule has 1 aromatic heterocycles. The predicted octanol–water partition coefficient (Wildman–Crippen LogP) is 12.7. The van der Waals surface area contributed by atoms with Crippen LogP contribution in [-0.2, 0) is 5.41 Å².